The monoisotopic (exact) mass is 459 g/mol. The lowest BCUT2D eigenvalue weighted by Crippen LogP contribution is -2.28. The lowest BCUT2D eigenvalue weighted by atomic mass is 10.2. The number of carbonyl (C=O) groups excluding carboxylic acids is 2. The van der Waals surface area contributed by atoms with Crippen LogP contribution in [0, 0.1) is 0 Å². The second-order valence-corrected chi connectivity index (χ2v) is 9.82. The highest BCUT2D eigenvalue weighted by atomic mass is 32.2. The van der Waals surface area contributed by atoms with Crippen molar-refractivity contribution in [2.45, 2.75) is 37.1 Å². The summed E-state index contributed by atoms with van der Waals surface area (Å²) in [4.78, 5) is 26.1. The first-order valence-electron chi connectivity index (χ1n) is 10.6. The fraction of sp³-hybridized carbons (Fsp3) is 0.391. The van der Waals surface area contributed by atoms with Crippen LogP contribution < -0.4 is 10.1 Å². The van der Waals surface area contributed by atoms with Crippen molar-refractivity contribution < 1.29 is 22.7 Å². The number of methoxy groups -OCH3 is 1. The van der Waals surface area contributed by atoms with Crippen molar-refractivity contribution in [1.29, 1.82) is 0 Å². The SMILES string of the molecule is COc1ccc(S(=O)(=O)N(C)CCCC(=O)Nc2cccc(CN3CCCC3=O)c2)cc1. The zero-order valence-electron chi connectivity index (χ0n) is 18.4. The lowest BCUT2D eigenvalue weighted by Gasteiger charge is -2.17. The summed E-state index contributed by atoms with van der Waals surface area (Å²) in [7, 11) is -0.609. The molecule has 0 aromatic heterocycles. The molecule has 1 aliphatic heterocycles. The predicted octanol–water partition coefficient (Wildman–Crippen LogP) is 2.86. The molecule has 1 N–H and O–H groups in total. The fourth-order valence-corrected chi connectivity index (χ4v) is 4.78. The Labute approximate surface area is 189 Å². The van der Waals surface area contributed by atoms with Crippen LogP contribution in [0.5, 0.6) is 5.75 Å². The lowest BCUT2D eigenvalue weighted by molar-refractivity contribution is -0.128. The molecule has 1 fully saturated rings. The van der Waals surface area contributed by atoms with Crippen LogP contribution >= 0.6 is 0 Å². The quantitative estimate of drug-likeness (QED) is 0.589. The molecule has 172 valence electrons. The fourth-order valence-electron chi connectivity index (χ4n) is 3.57. The molecule has 1 heterocycles. The van der Waals surface area contributed by atoms with Gasteiger partial charge in [-0.25, -0.2) is 12.7 Å². The first kappa shape index (κ1) is 23.7. The van der Waals surface area contributed by atoms with Crippen molar-refractivity contribution in [1.82, 2.24) is 9.21 Å². The summed E-state index contributed by atoms with van der Waals surface area (Å²) in [6.45, 7) is 1.53. The van der Waals surface area contributed by atoms with E-state index in [1.807, 2.05) is 23.1 Å². The van der Waals surface area contributed by atoms with Gasteiger partial charge in [0.1, 0.15) is 5.75 Å². The maximum atomic E-state index is 12.7. The molecule has 0 aliphatic carbocycles. The topological polar surface area (TPSA) is 96.0 Å². The minimum atomic E-state index is -3.63. The van der Waals surface area contributed by atoms with E-state index in [2.05, 4.69) is 5.32 Å². The highest BCUT2D eigenvalue weighted by Gasteiger charge is 2.21. The van der Waals surface area contributed by atoms with Crippen molar-refractivity contribution in [2.24, 2.45) is 0 Å². The van der Waals surface area contributed by atoms with E-state index in [-0.39, 0.29) is 29.7 Å². The van der Waals surface area contributed by atoms with Gasteiger partial charge in [-0.1, -0.05) is 12.1 Å². The summed E-state index contributed by atoms with van der Waals surface area (Å²) < 4.78 is 31.6. The van der Waals surface area contributed by atoms with Crippen LogP contribution in [0.3, 0.4) is 0 Å². The van der Waals surface area contributed by atoms with Crippen molar-refractivity contribution in [3.8, 4) is 5.75 Å². The zero-order chi connectivity index (χ0) is 23.1. The van der Waals surface area contributed by atoms with Crippen LogP contribution in [-0.2, 0) is 26.2 Å². The van der Waals surface area contributed by atoms with Crippen molar-refractivity contribution in [3.05, 3.63) is 54.1 Å². The molecule has 0 spiro atoms. The summed E-state index contributed by atoms with van der Waals surface area (Å²) in [6.07, 6.45) is 2.06. The highest BCUT2D eigenvalue weighted by Crippen LogP contribution is 2.20. The van der Waals surface area contributed by atoms with Gasteiger partial charge in [-0.3, -0.25) is 9.59 Å². The highest BCUT2D eigenvalue weighted by molar-refractivity contribution is 7.89. The number of amides is 2. The average molecular weight is 460 g/mol. The van der Waals surface area contributed by atoms with Gasteiger partial charge in [-0.2, -0.15) is 0 Å². The number of hydrogen-bond acceptors (Lipinski definition) is 5. The van der Waals surface area contributed by atoms with Gasteiger partial charge in [0.15, 0.2) is 0 Å². The van der Waals surface area contributed by atoms with Crippen LogP contribution in [0.25, 0.3) is 0 Å². The van der Waals surface area contributed by atoms with Crippen LogP contribution in [0.4, 0.5) is 5.69 Å². The van der Waals surface area contributed by atoms with Crippen molar-refractivity contribution in [3.63, 3.8) is 0 Å². The van der Waals surface area contributed by atoms with Crippen LogP contribution in [0.1, 0.15) is 31.2 Å². The van der Waals surface area contributed by atoms with Crippen LogP contribution in [-0.4, -0.2) is 56.7 Å². The molecule has 32 heavy (non-hydrogen) atoms. The van der Waals surface area contributed by atoms with Gasteiger partial charge < -0.3 is 15.0 Å². The largest absolute Gasteiger partial charge is 0.497 e. The van der Waals surface area contributed by atoms with E-state index in [0.717, 1.165) is 18.5 Å². The second-order valence-electron chi connectivity index (χ2n) is 7.77. The van der Waals surface area contributed by atoms with E-state index in [1.165, 1.54) is 30.6 Å². The van der Waals surface area contributed by atoms with Crippen molar-refractivity contribution in [2.75, 3.05) is 32.6 Å². The van der Waals surface area contributed by atoms with Crippen LogP contribution in [0.15, 0.2) is 53.4 Å². The number of nitrogens with one attached hydrogen (secondary N) is 1. The Morgan fingerprint density at radius 1 is 1.19 bits per heavy atom. The molecule has 9 heteroatoms. The number of carbonyl (C=O) groups is 2. The van der Waals surface area contributed by atoms with E-state index in [4.69, 9.17) is 4.74 Å². The van der Waals surface area contributed by atoms with Gasteiger partial charge in [0, 0.05) is 45.2 Å². The number of ether oxygens (including phenoxy) is 1. The number of sulfonamides is 1. The normalized spacial score (nSPS) is 14.1. The number of benzene rings is 2. The number of nitrogens with zero attached hydrogens (tertiary/aromatic N) is 2. The van der Waals surface area contributed by atoms with Crippen molar-refractivity contribution >= 4 is 27.5 Å². The van der Waals surface area contributed by atoms with Gasteiger partial charge in [-0.15, -0.1) is 0 Å². The third-order valence-corrected chi connectivity index (χ3v) is 7.27. The average Bonchev–Trinajstić information content (AvgIpc) is 3.18. The summed E-state index contributed by atoms with van der Waals surface area (Å²) in [5.74, 6) is 0.558. The second kappa shape index (κ2) is 10.6. The molecule has 2 amide bonds. The molecule has 1 aliphatic rings. The molecule has 0 saturated carbocycles. The summed E-state index contributed by atoms with van der Waals surface area (Å²) in [5.41, 5.74) is 1.63. The molecule has 0 atom stereocenters. The Morgan fingerprint density at radius 2 is 1.94 bits per heavy atom. The third kappa shape index (κ3) is 6.08. The van der Waals surface area contributed by atoms with Gasteiger partial charge in [0.25, 0.3) is 0 Å². The first-order valence-corrected chi connectivity index (χ1v) is 12.0. The Balaban J connectivity index is 1.48. The minimum Gasteiger partial charge on any atom is -0.497 e. The smallest absolute Gasteiger partial charge is 0.242 e. The first-order chi connectivity index (χ1) is 15.3. The molecule has 3 rings (SSSR count). The Bertz CT molecular complexity index is 1050. The number of anilines is 1. The molecule has 0 bridgehead atoms. The van der Waals surface area contributed by atoms with E-state index >= 15 is 0 Å². The molecule has 2 aromatic rings. The number of likely N-dealkylation sites (tertiary alicyclic amines) is 1. The molecule has 8 nitrogen and oxygen atoms in total. The van der Waals surface area contributed by atoms with E-state index in [0.29, 0.717) is 30.8 Å². The minimum absolute atomic E-state index is 0.160. The zero-order valence-corrected chi connectivity index (χ0v) is 19.2. The van der Waals surface area contributed by atoms with E-state index in [9.17, 15) is 18.0 Å². The molecule has 2 aromatic carbocycles. The summed E-state index contributed by atoms with van der Waals surface area (Å²) in [6, 6.07) is 13.6. The molecule has 1 saturated heterocycles. The molecule has 0 unspecified atom stereocenters. The van der Waals surface area contributed by atoms with Gasteiger partial charge >= 0.3 is 0 Å². The van der Waals surface area contributed by atoms with Gasteiger partial charge in [0.2, 0.25) is 21.8 Å². The summed E-state index contributed by atoms with van der Waals surface area (Å²) >= 11 is 0. The molecular weight excluding hydrogens is 430 g/mol. The third-order valence-electron chi connectivity index (χ3n) is 5.40. The predicted molar refractivity (Wildman–Crippen MR) is 122 cm³/mol. The Kier molecular flexibility index (Phi) is 7.87. The van der Waals surface area contributed by atoms with E-state index < -0.39 is 10.0 Å². The number of rotatable bonds is 10. The standard InChI is InChI=1S/C23H29N3O5S/c1-25(32(29,30)21-12-10-20(31-2)11-13-21)14-4-8-22(27)24-19-7-3-6-18(16-19)17-26-15-5-9-23(26)28/h3,6-7,10-13,16H,4-5,8-9,14-15,17H2,1-2H3,(H,24,27). The maximum absolute atomic E-state index is 12.7. The van der Waals surface area contributed by atoms with E-state index in [1.54, 1.807) is 18.2 Å². The summed E-state index contributed by atoms with van der Waals surface area (Å²) in [5, 5.41) is 2.85. The Morgan fingerprint density at radius 3 is 2.59 bits per heavy atom. The molecular formula is C23H29N3O5S. The molecule has 0 radical (unpaired) electrons. The Hall–Kier alpha value is -2.91. The van der Waals surface area contributed by atoms with Gasteiger partial charge in [0.05, 0.1) is 12.0 Å². The van der Waals surface area contributed by atoms with Gasteiger partial charge in [-0.05, 0) is 54.8 Å². The van der Waals surface area contributed by atoms with Crippen LogP contribution in [0.2, 0.25) is 0 Å². The maximum Gasteiger partial charge on any atom is 0.242 e. The number of hydrogen-bond donors (Lipinski definition) is 1.